The maximum absolute atomic E-state index is 11.9. The van der Waals surface area contributed by atoms with Gasteiger partial charge in [-0.15, -0.1) is 11.6 Å². The fraction of sp³-hybridized carbons (Fsp3) is 0.667. The summed E-state index contributed by atoms with van der Waals surface area (Å²) < 4.78 is 35.8. The van der Waals surface area contributed by atoms with Gasteiger partial charge in [0.15, 0.2) is 0 Å². The molecular weight excluding hydrogens is 179 g/mol. The molecule has 0 bridgehead atoms. The Labute approximate surface area is 67.2 Å². The van der Waals surface area contributed by atoms with E-state index in [9.17, 15) is 13.2 Å². The molecule has 1 heterocycles. The molecule has 0 aromatic rings. The average Bonchev–Trinajstić information content (AvgIpc) is 1.86. The predicted molar refractivity (Wildman–Crippen MR) is 36.4 cm³/mol. The lowest BCUT2D eigenvalue weighted by atomic mass is 10.1. The zero-order valence-corrected chi connectivity index (χ0v) is 6.34. The van der Waals surface area contributed by atoms with Gasteiger partial charge in [-0.1, -0.05) is 6.08 Å². The first-order chi connectivity index (χ1) is 5.00. The molecule has 0 radical (unpaired) electrons. The van der Waals surface area contributed by atoms with Crippen LogP contribution in [-0.2, 0) is 0 Å². The van der Waals surface area contributed by atoms with E-state index in [1.807, 2.05) is 0 Å². The van der Waals surface area contributed by atoms with Crippen molar-refractivity contribution in [1.29, 1.82) is 0 Å². The number of hydrogen-bond acceptors (Lipinski definition) is 1. The van der Waals surface area contributed by atoms with Gasteiger partial charge >= 0.3 is 6.18 Å². The van der Waals surface area contributed by atoms with Crippen LogP contribution in [-0.4, -0.2) is 18.2 Å². The van der Waals surface area contributed by atoms with Crippen molar-refractivity contribution in [2.24, 2.45) is 0 Å². The maximum Gasteiger partial charge on any atom is 0.413 e. The summed E-state index contributed by atoms with van der Waals surface area (Å²) in [6, 6.07) is 0. The van der Waals surface area contributed by atoms with Gasteiger partial charge in [0.25, 0.3) is 0 Å². The van der Waals surface area contributed by atoms with Crippen LogP contribution in [0.1, 0.15) is 6.42 Å². The number of hydrogen-bond donors (Lipinski definition) is 1. The van der Waals surface area contributed by atoms with Crippen molar-refractivity contribution in [2.75, 3.05) is 6.54 Å². The van der Waals surface area contributed by atoms with Gasteiger partial charge in [-0.2, -0.15) is 13.2 Å². The van der Waals surface area contributed by atoms with Crippen LogP contribution in [0.2, 0.25) is 0 Å². The molecule has 0 fully saturated rings. The van der Waals surface area contributed by atoms with E-state index in [1.54, 1.807) is 0 Å². The molecule has 11 heavy (non-hydrogen) atoms. The molecule has 0 amide bonds. The molecule has 1 nitrogen and oxygen atoms in total. The second-order valence-corrected chi connectivity index (χ2v) is 2.84. The highest BCUT2D eigenvalue weighted by Crippen LogP contribution is 2.27. The summed E-state index contributed by atoms with van der Waals surface area (Å²) in [6.07, 6.45) is -2.84. The first-order valence-corrected chi connectivity index (χ1v) is 3.57. The number of alkyl halides is 4. The molecule has 0 saturated carbocycles. The highest BCUT2D eigenvalue weighted by Gasteiger charge is 2.34. The Kier molecular flexibility index (Phi) is 2.44. The normalized spacial score (nSPS) is 26.5. The molecule has 1 aliphatic rings. The Morgan fingerprint density at radius 1 is 1.55 bits per heavy atom. The lowest BCUT2D eigenvalue weighted by Crippen LogP contribution is -2.34. The van der Waals surface area contributed by atoms with Gasteiger partial charge in [0.2, 0.25) is 0 Å². The Bertz CT molecular complexity index is 175. The van der Waals surface area contributed by atoms with Gasteiger partial charge in [-0.3, -0.25) is 5.32 Å². The summed E-state index contributed by atoms with van der Waals surface area (Å²) in [5, 5.41) is 2.52. The molecule has 0 aromatic carbocycles. The molecule has 64 valence electrons. The number of nitrogens with one attached hydrogen (secondary N) is 1. The van der Waals surface area contributed by atoms with Gasteiger partial charge in [-0.05, 0) is 6.42 Å². The van der Waals surface area contributed by atoms with E-state index in [4.69, 9.17) is 11.6 Å². The van der Waals surface area contributed by atoms with Gasteiger partial charge in [-0.25, -0.2) is 0 Å². The minimum absolute atomic E-state index is 0.183. The number of halogens is 4. The monoisotopic (exact) mass is 185 g/mol. The second-order valence-electron chi connectivity index (χ2n) is 2.31. The van der Waals surface area contributed by atoms with Gasteiger partial charge in [0.05, 0.1) is 5.50 Å². The molecule has 0 spiro atoms. The van der Waals surface area contributed by atoms with E-state index in [0.717, 1.165) is 6.08 Å². The Morgan fingerprint density at radius 3 is 2.55 bits per heavy atom. The summed E-state index contributed by atoms with van der Waals surface area (Å²) in [6.45, 7) is -0.183. The lowest BCUT2D eigenvalue weighted by Gasteiger charge is -2.20. The topological polar surface area (TPSA) is 12.0 Å². The Balaban J connectivity index is 2.62. The Hall–Kier alpha value is -0.220. The largest absolute Gasteiger partial charge is 0.413 e. The molecular formula is C6H7ClF3N. The zero-order valence-electron chi connectivity index (χ0n) is 5.58. The maximum atomic E-state index is 11.9. The fourth-order valence-electron chi connectivity index (χ4n) is 0.838. The molecule has 1 N–H and O–H groups in total. The summed E-state index contributed by atoms with van der Waals surface area (Å²) in [7, 11) is 0. The predicted octanol–water partition coefficient (Wildman–Crippen LogP) is 2.03. The average molecular weight is 186 g/mol. The van der Waals surface area contributed by atoms with Gasteiger partial charge in [0, 0.05) is 12.1 Å². The first kappa shape index (κ1) is 8.87. The van der Waals surface area contributed by atoms with Crippen molar-refractivity contribution in [3.8, 4) is 0 Å². The summed E-state index contributed by atoms with van der Waals surface area (Å²) in [5.41, 5.74) is -0.893. The van der Waals surface area contributed by atoms with Crippen LogP contribution in [0.5, 0.6) is 0 Å². The van der Waals surface area contributed by atoms with Crippen molar-refractivity contribution in [1.82, 2.24) is 5.32 Å². The van der Waals surface area contributed by atoms with Crippen LogP contribution in [0.15, 0.2) is 11.6 Å². The number of rotatable bonds is 0. The van der Waals surface area contributed by atoms with Crippen LogP contribution >= 0.6 is 11.6 Å². The second kappa shape index (κ2) is 3.03. The Morgan fingerprint density at radius 2 is 2.18 bits per heavy atom. The van der Waals surface area contributed by atoms with Crippen molar-refractivity contribution in [3.05, 3.63) is 11.6 Å². The molecule has 1 atom stereocenters. The van der Waals surface area contributed by atoms with Crippen molar-refractivity contribution < 1.29 is 13.2 Å². The SMILES string of the molecule is FC(F)(F)C1=CCC(Cl)NC1. The highest BCUT2D eigenvalue weighted by molar-refractivity contribution is 6.20. The molecule has 0 aliphatic carbocycles. The minimum atomic E-state index is -4.20. The molecule has 0 aromatic heterocycles. The third-order valence-electron chi connectivity index (χ3n) is 1.45. The van der Waals surface area contributed by atoms with E-state index in [-0.39, 0.29) is 18.5 Å². The molecule has 1 rings (SSSR count). The quantitative estimate of drug-likeness (QED) is 0.346. The zero-order chi connectivity index (χ0) is 8.48. The van der Waals surface area contributed by atoms with E-state index >= 15 is 0 Å². The van der Waals surface area contributed by atoms with Gasteiger partial charge in [0.1, 0.15) is 0 Å². The van der Waals surface area contributed by atoms with E-state index in [1.165, 1.54) is 0 Å². The summed E-state index contributed by atoms with van der Waals surface area (Å²) in [4.78, 5) is 0. The van der Waals surface area contributed by atoms with Crippen LogP contribution in [0.25, 0.3) is 0 Å². The van der Waals surface area contributed by atoms with Crippen molar-refractivity contribution in [3.63, 3.8) is 0 Å². The standard InChI is InChI=1S/C6H7ClF3N/c7-5-2-1-4(3-11-5)6(8,9)10/h1,5,11H,2-3H2. The van der Waals surface area contributed by atoms with Crippen LogP contribution < -0.4 is 5.32 Å². The summed E-state index contributed by atoms with van der Waals surface area (Å²) >= 11 is 5.51. The summed E-state index contributed by atoms with van der Waals surface area (Å²) in [5.74, 6) is 0. The van der Waals surface area contributed by atoms with Crippen LogP contribution in [0.3, 0.4) is 0 Å². The van der Waals surface area contributed by atoms with E-state index in [2.05, 4.69) is 5.32 Å². The van der Waals surface area contributed by atoms with E-state index in [0.29, 0.717) is 0 Å². The fourth-order valence-corrected chi connectivity index (χ4v) is 1.00. The molecule has 0 saturated heterocycles. The lowest BCUT2D eigenvalue weighted by molar-refractivity contribution is -0.0938. The highest BCUT2D eigenvalue weighted by atomic mass is 35.5. The van der Waals surface area contributed by atoms with E-state index < -0.39 is 11.7 Å². The first-order valence-electron chi connectivity index (χ1n) is 3.14. The van der Waals surface area contributed by atoms with Crippen LogP contribution in [0, 0.1) is 0 Å². The van der Waals surface area contributed by atoms with Gasteiger partial charge < -0.3 is 0 Å². The smallest absolute Gasteiger partial charge is 0.297 e. The van der Waals surface area contributed by atoms with Crippen molar-refractivity contribution >= 4 is 11.6 Å². The third-order valence-corrected chi connectivity index (χ3v) is 1.78. The third kappa shape index (κ3) is 2.38. The molecule has 1 aliphatic heterocycles. The molecule has 1 unspecified atom stereocenters. The van der Waals surface area contributed by atoms with Crippen molar-refractivity contribution in [2.45, 2.75) is 18.1 Å². The minimum Gasteiger partial charge on any atom is -0.297 e. The molecule has 5 heteroatoms. The van der Waals surface area contributed by atoms with Crippen LogP contribution in [0.4, 0.5) is 13.2 Å².